The first-order chi connectivity index (χ1) is 11.2. The zero-order chi connectivity index (χ0) is 15.8. The minimum Gasteiger partial charge on any atom is -0.297 e. The largest absolute Gasteiger partial charge is 0.297 e. The Kier molecular flexibility index (Phi) is 3.68. The van der Waals surface area contributed by atoms with Crippen molar-refractivity contribution in [3.63, 3.8) is 0 Å². The van der Waals surface area contributed by atoms with Gasteiger partial charge >= 0.3 is 0 Å². The normalized spacial score (nSPS) is 11.2. The molecule has 4 aromatic rings. The fourth-order valence-electron chi connectivity index (χ4n) is 2.59. The number of fused-ring (bicyclic) bond motifs is 1. The highest BCUT2D eigenvalue weighted by Crippen LogP contribution is 2.26. The molecule has 0 unspecified atom stereocenters. The number of halogens is 1. The van der Waals surface area contributed by atoms with Crippen LogP contribution in [0.5, 0.6) is 0 Å². The SMILES string of the molecule is Cc1ccc(-c2cn3cc(Cc4ccc(Cl)cc4)sc3n2)cc1. The molecule has 2 aromatic carbocycles. The molecule has 0 radical (unpaired) electrons. The van der Waals surface area contributed by atoms with Gasteiger partial charge in [-0.15, -0.1) is 11.3 Å². The second-order valence-electron chi connectivity index (χ2n) is 5.68. The average molecular weight is 339 g/mol. The third-order valence-corrected chi connectivity index (χ3v) is 5.09. The van der Waals surface area contributed by atoms with Crippen molar-refractivity contribution in [3.05, 3.63) is 82.0 Å². The molecule has 2 nitrogen and oxygen atoms in total. The first kappa shape index (κ1) is 14.5. The molecule has 0 aliphatic heterocycles. The minimum atomic E-state index is 0.775. The number of thiazole rings is 1. The standard InChI is InChI=1S/C19H15ClN2S/c1-13-2-6-15(7-3-13)18-12-22-11-17(23-19(22)21-18)10-14-4-8-16(20)9-5-14/h2-9,11-12H,10H2,1H3. The molecule has 2 aromatic heterocycles. The van der Waals surface area contributed by atoms with Gasteiger partial charge in [-0.3, -0.25) is 4.40 Å². The zero-order valence-corrected chi connectivity index (χ0v) is 14.2. The van der Waals surface area contributed by atoms with Gasteiger partial charge in [-0.1, -0.05) is 53.6 Å². The summed E-state index contributed by atoms with van der Waals surface area (Å²) in [7, 11) is 0. The second-order valence-corrected chi connectivity index (χ2v) is 7.21. The summed E-state index contributed by atoms with van der Waals surface area (Å²) < 4.78 is 2.12. The van der Waals surface area contributed by atoms with E-state index in [1.807, 2.05) is 12.1 Å². The molecule has 0 saturated carbocycles. The lowest BCUT2D eigenvalue weighted by molar-refractivity contribution is 1.16. The van der Waals surface area contributed by atoms with Crippen molar-refractivity contribution in [1.29, 1.82) is 0 Å². The van der Waals surface area contributed by atoms with E-state index in [1.165, 1.54) is 16.0 Å². The third-order valence-electron chi connectivity index (χ3n) is 3.84. The van der Waals surface area contributed by atoms with Crippen LogP contribution >= 0.6 is 22.9 Å². The van der Waals surface area contributed by atoms with E-state index < -0.39 is 0 Å². The summed E-state index contributed by atoms with van der Waals surface area (Å²) in [5, 5.41) is 0.775. The van der Waals surface area contributed by atoms with Crippen LogP contribution in [0.3, 0.4) is 0 Å². The van der Waals surface area contributed by atoms with Gasteiger partial charge in [0.1, 0.15) is 0 Å². The van der Waals surface area contributed by atoms with E-state index in [1.54, 1.807) is 11.3 Å². The topological polar surface area (TPSA) is 17.3 Å². The number of hydrogen-bond acceptors (Lipinski definition) is 2. The van der Waals surface area contributed by atoms with Gasteiger partial charge in [0, 0.05) is 34.3 Å². The number of rotatable bonds is 3. The van der Waals surface area contributed by atoms with E-state index in [0.717, 1.165) is 27.7 Å². The molecule has 0 spiro atoms. The maximum atomic E-state index is 5.94. The Balaban J connectivity index is 1.61. The lowest BCUT2D eigenvalue weighted by Crippen LogP contribution is -1.84. The number of aromatic nitrogens is 2. The van der Waals surface area contributed by atoms with E-state index in [-0.39, 0.29) is 0 Å². The highest BCUT2D eigenvalue weighted by atomic mass is 35.5. The van der Waals surface area contributed by atoms with Gasteiger partial charge < -0.3 is 0 Å². The summed E-state index contributed by atoms with van der Waals surface area (Å²) in [5.74, 6) is 0. The van der Waals surface area contributed by atoms with Crippen LogP contribution in [0.15, 0.2) is 60.9 Å². The summed E-state index contributed by atoms with van der Waals surface area (Å²) in [6.07, 6.45) is 5.17. The first-order valence-electron chi connectivity index (χ1n) is 7.46. The van der Waals surface area contributed by atoms with Crippen LogP contribution < -0.4 is 0 Å². The monoisotopic (exact) mass is 338 g/mol. The molecule has 114 valence electrons. The summed E-state index contributed by atoms with van der Waals surface area (Å²) in [5.41, 5.74) is 4.71. The Bertz CT molecular complexity index is 918. The molecular formula is C19H15ClN2S. The molecule has 0 N–H and O–H groups in total. The van der Waals surface area contributed by atoms with Crippen LogP contribution in [0.1, 0.15) is 16.0 Å². The van der Waals surface area contributed by atoms with Gasteiger partial charge in [0.25, 0.3) is 0 Å². The van der Waals surface area contributed by atoms with Gasteiger partial charge in [-0.05, 0) is 24.6 Å². The summed E-state index contributed by atoms with van der Waals surface area (Å²) >= 11 is 7.67. The molecule has 0 aliphatic carbocycles. The van der Waals surface area contributed by atoms with Crippen LogP contribution in [-0.2, 0) is 6.42 Å². The summed E-state index contributed by atoms with van der Waals surface area (Å²) in [6.45, 7) is 2.10. The van der Waals surface area contributed by atoms with Crippen molar-refractivity contribution < 1.29 is 0 Å². The number of benzene rings is 2. The number of nitrogens with zero attached hydrogens (tertiary/aromatic N) is 2. The molecule has 0 fully saturated rings. The Morgan fingerprint density at radius 2 is 1.74 bits per heavy atom. The molecular weight excluding hydrogens is 324 g/mol. The van der Waals surface area contributed by atoms with Crippen molar-refractivity contribution in [1.82, 2.24) is 9.38 Å². The van der Waals surface area contributed by atoms with E-state index in [9.17, 15) is 0 Å². The molecule has 0 amide bonds. The maximum absolute atomic E-state index is 5.94. The van der Waals surface area contributed by atoms with E-state index >= 15 is 0 Å². The Morgan fingerprint density at radius 1 is 1.00 bits per heavy atom. The van der Waals surface area contributed by atoms with Crippen LogP contribution in [0, 0.1) is 6.92 Å². The number of aryl methyl sites for hydroxylation is 1. The van der Waals surface area contributed by atoms with Crippen LogP contribution in [0.25, 0.3) is 16.2 Å². The van der Waals surface area contributed by atoms with Gasteiger partial charge in [-0.25, -0.2) is 4.98 Å². The zero-order valence-electron chi connectivity index (χ0n) is 12.7. The van der Waals surface area contributed by atoms with Gasteiger partial charge in [0.15, 0.2) is 4.96 Å². The number of hydrogen-bond donors (Lipinski definition) is 0. The predicted molar refractivity (Wildman–Crippen MR) is 97.5 cm³/mol. The van der Waals surface area contributed by atoms with E-state index in [4.69, 9.17) is 16.6 Å². The van der Waals surface area contributed by atoms with Crippen LogP contribution in [0.4, 0.5) is 0 Å². The van der Waals surface area contributed by atoms with Gasteiger partial charge in [0.2, 0.25) is 0 Å². The quantitative estimate of drug-likeness (QED) is 0.474. The molecule has 0 bridgehead atoms. The van der Waals surface area contributed by atoms with Crippen molar-refractivity contribution >= 4 is 27.9 Å². The van der Waals surface area contributed by atoms with Crippen LogP contribution in [0.2, 0.25) is 5.02 Å². The summed E-state index contributed by atoms with van der Waals surface area (Å²) in [4.78, 5) is 7.08. The maximum Gasteiger partial charge on any atom is 0.194 e. The molecule has 4 heteroatoms. The average Bonchev–Trinajstić information content (AvgIpc) is 3.09. The van der Waals surface area contributed by atoms with Gasteiger partial charge in [0.05, 0.1) is 5.69 Å². The smallest absolute Gasteiger partial charge is 0.194 e. The molecule has 0 saturated heterocycles. The Morgan fingerprint density at radius 3 is 2.43 bits per heavy atom. The molecule has 4 rings (SSSR count). The van der Waals surface area contributed by atoms with Crippen molar-refractivity contribution in [3.8, 4) is 11.3 Å². The first-order valence-corrected chi connectivity index (χ1v) is 8.66. The van der Waals surface area contributed by atoms with E-state index in [2.05, 4.69) is 60.1 Å². The fourth-order valence-corrected chi connectivity index (χ4v) is 3.71. The Labute approximate surface area is 144 Å². The lowest BCUT2D eigenvalue weighted by Gasteiger charge is -1.98. The molecule has 2 heterocycles. The predicted octanol–water partition coefficient (Wildman–Crippen LogP) is 5.62. The lowest BCUT2D eigenvalue weighted by atomic mass is 10.1. The second kappa shape index (κ2) is 5.84. The van der Waals surface area contributed by atoms with Gasteiger partial charge in [-0.2, -0.15) is 0 Å². The fraction of sp³-hybridized carbons (Fsp3) is 0.105. The molecule has 0 atom stereocenters. The molecule has 23 heavy (non-hydrogen) atoms. The third kappa shape index (κ3) is 3.03. The highest BCUT2D eigenvalue weighted by Gasteiger charge is 2.08. The van der Waals surface area contributed by atoms with Crippen molar-refractivity contribution in [2.24, 2.45) is 0 Å². The van der Waals surface area contributed by atoms with E-state index in [0.29, 0.717) is 0 Å². The van der Waals surface area contributed by atoms with Crippen molar-refractivity contribution in [2.45, 2.75) is 13.3 Å². The highest BCUT2D eigenvalue weighted by molar-refractivity contribution is 7.17. The minimum absolute atomic E-state index is 0.775. The molecule has 0 aliphatic rings. The van der Waals surface area contributed by atoms with Crippen molar-refractivity contribution in [2.75, 3.05) is 0 Å². The Hall–Kier alpha value is -2.10. The van der Waals surface area contributed by atoms with Crippen LogP contribution in [-0.4, -0.2) is 9.38 Å². The summed E-state index contributed by atoms with van der Waals surface area (Å²) in [6, 6.07) is 16.5. The number of imidazole rings is 1.